The van der Waals surface area contributed by atoms with Crippen LogP contribution in [0.15, 0.2) is 24.3 Å². The van der Waals surface area contributed by atoms with Crippen molar-refractivity contribution >= 4 is 11.8 Å². The molecule has 1 aromatic rings. The van der Waals surface area contributed by atoms with Gasteiger partial charge in [0, 0.05) is 6.04 Å². The zero-order valence-corrected chi connectivity index (χ0v) is 12.7. The van der Waals surface area contributed by atoms with Gasteiger partial charge in [-0.2, -0.15) is 0 Å². The quantitative estimate of drug-likeness (QED) is 0.768. The predicted octanol–water partition coefficient (Wildman–Crippen LogP) is 1.97. The van der Waals surface area contributed by atoms with E-state index in [2.05, 4.69) is 29.7 Å². The van der Waals surface area contributed by atoms with E-state index in [4.69, 9.17) is 0 Å². The van der Waals surface area contributed by atoms with Crippen molar-refractivity contribution in [3.05, 3.63) is 35.4 Å². The number of hydrogen-bond donors (Lipinski definition) is 2. The maximum Gasteiger partial charge on any atom is 0.239 e. The van der Waals surface area contributed by atoms with Gasteiger partial charge in [-0.15, -0.1) is 0 Å². The largest absolute Gasteiger partial charge is 0.352 e. The monoisotopic (exact) mass is 288 g/mol. The van der Waals surface area contributed by atoms with Gasteiger partial charge in [0.1, 0.15) is 0 Å². The normalized spacial score (nSPS) is 13.8. The summed E-state index contributed by atoms with van der Waals surface area (Å²) in [6.45, 7) is 2.25. The number of nitrogens with one attached hydrogen (secondary N) is 2. The third-order valence-corrected chi connectivity index (χ3v) is 3.60. The molecule has 1 fully saturated rings. The number of unbranched alkanes of at least 4 members (excludes halogenated alkanes) is 1. The van der Waals surface area contributed by atoms with Crippen LogP contribution in [0.2, 0.25) is 0 Å². The molecule has 1 aliphatic carbocycles. The number of hydrogen-bond acceptors (Lipinski definition) is 2. The SMILES string of the molecule is CCCCc1ccc(CC(=O)NCC(=O)NC2CC2)cc1. The second-order valence-electron chi connectivity index (χ2n) is 5.72. The lowest BCUT2D eigenvalue weighted by Crippen LogP contribution is -2.38. The summed E-state index contributed by atoms with van der Waals surface area (Å²) in [6, 6.07) is 8.49. The Morgan fingerprint density at radius 1 is 1.10 bits per heavy atom. The first kappa shape index (κ1) is 15.5. The highest BCUT2D eigenvalue weighted by Crippen LogP contribution is 2.18. The summed E-state index contributed by atoms with van der Waals surface area (Å²) in [5.41, 5.74) is 2.29. The first-order valence-corrected chi connectivity index (χ1v) is 7.81. The summed E-state index contributed by atoms with van der Waals surface area (Å²) in [4.78, 5) is 23.3. The summed E-state index contributed by atoms with van der Waals surface area (Å²) in [7, 11) is 0. The molecule has 0 unspecified atom stereocenters. The van der Waals surface area contributed by atoms with Crippen molar-refractivity contribution in [2.45, 2.75) is 51.5 Å². The van der Waals surface area contributed by atoms with Crippen LogP contribution >= 0.6 is 0 Å². The van der Waals surface area contributed by atoms with Crippen molar-refractivity contribution in [2.24, 2.45) is 0 Å². The molecule has 4 heteroatoms. The molecule has 1 saturated carbocycles. The minimum absolute atomic E-state index is 0.0733. The van der Waals surface area contributed by atoms with Crippen molar-refractivity contribution < 1.29 is 9.59 Å². The predicted molar refractivity (Wildman–Crippen MR) is 82.9 cm³/mol. The molecule has 114 valence electrons. The number of amides is 2. The molecule has 2 N–H and O–H groups in total. The lowest BCUT2D eigenvalue weighted by Gasteiger charge is -2.07. The lowest BCUT2D eigenvalue weighted by atomic mass is 10.0. The maximum absolute atomic E-state index is 11.8. The van der Waals surface area contributed by atoms with E-state index in [1.165, 1.54) is 18.4 Å². The van der Waals surface area contributed by atoms with E-state index < -0.39 is 0 Å². The molecule has 21 heavy (non-hydrogen) atoms. The topological polar surface area (TPSA) is 58.2 Å². The summed E-state index contributed by atoms with van der Waals surface area (Å²) < 4.78 is 0. The molecule has 1 aliphatic rings. The van der Waals surface area contributed by atoms with Gasteiger partial charge in [-0.3, -0.25) is 9.59 Å². The van der Waals surface area contributed by atoms with Gasteiger partial charge in [0.2, 0.25) is 11.8 Å². The Bertz CT molecular complexity index is 478. The number of aryl methyl sites for hydroxylation is 1. The van der Waals surface area contributed by atoms with Crippen molar-refractivity contribution in [3.63, 3.8) is 0 Å². The molecule has 0 atom stereocenters. The minimum atomic E-state index is -0.109. The zero-order valence-electron chi connectivity index (χ0n) is 12.7. The molecule has 0 bridgehead atoms. The molecule has 0 radical (unpaired) electrons. The first-order chi connectivity index (χ1) is 10.2. The molecule has 0 aromatic heterocycles. The summed E-state index contributed by atoms with van der Waals surface area (Å²) >= 11 is 0. The number of benzene rings is 1. The Balaban J connectivity index is 1.69. The molecular weight excluding hydrogens is 264 g/mol. The lowest BCUT2D eigenvalue weighted by molar-refractivity contribution is -0.125. The molecule has 0 aliphatic heterocycles. The van der Waals surface area contributed by atoms with Crippen LogP contribution in [0.5, 0.6) is 0 Å². The Kier molecular flexibility index (Phi) is 5.78. The van der Waals surface area contributed by atoms with Crippen LogP contribution in [0.4, 0.5) is 0 Å². The molecule has 2 rings (SSSR count). The third-order valence-electron chi connectivity index (χ3n) is 3.60. The van der Waals surface area contributed by atoms with E-state index in [1.54, 1.807) is 0 Å². The van der Waals surface area contributed by atoms with Gasteiger partial charge < -0.3 is 10.6 Å². The highest BCUT2D eigenvalue weighted by Gasteiger charge is 2.23. The highest BCUT2D eigenvalue weighted by molar-refractivity contribution is 5.85. The van der Waals surface area contributed by atoms with Crippen molar-refractivity contribution in [3.8, 4) is 0 Å². The average molecular weight is 288 g/mol. The van der Waals surface area contributed by atoms with Crippen molar-refractivity contribution in [1.82, 2.24) is 10.6 Å². The maximum atomic E-state index is 11.8. The average Bonchev–Trinajstić information content (AvgIpc) is 3.28. The smallest absolute Gasteiger partial charge is 0.239 e. The summed E-state index contributed by atoms with van der Waals surface area (Å²) in [5.74, 6) is -0.206. The second kappa shape index (κ2) is 7.81. The Hall–Kier alpha value is -1.84. The molecule has 0 spiro atoms. The van der Waals surface area contributed by atoms with Crippen LogP contribution < -0.4 is 10.6 Å². The van der Waals surface area contributed by atoms with Crippen LogP contribution in [-0.4, -0.2) is 24.4 Å². The van der Waals surface area contributed by atoms with Crippen LogP contribution in [0.25, 0.3) is 0 Å². The van der Waals surface area contributed by atoms with Gasteiger partial charge in [-0.1, -0.05) is 37.6 Å². The van der Waals surface area contributed by atoms with Crippen molar-refractivity contribution in [1.29, 1.82) is 0 Å². The fourth-order valence-electron chi connectivity index (χ4n) is 2.14. The van der Waals surface area contributed by atoms with Crippen LogP contribution in [-0.2, 0) is 22.4 Å². The van der Waals surface area contributed by atoms with E-state index in [1.807, 2.05) is 12.1 Å². The van der Waals surface area contributed by atoms with E-state index in [-0.39, 0.29) is 18.4 Å². The second-order valence-corrected chi connectivity index (χ2v) is 5.72. The number of rotatable bonds is 8. The standard InChI is InChI=1S/C17H24N2O2/c1-2-3-4-13-5-7-14(8-6-13)11-16(20)18-12-17(21)19-15-9-10-15/h5-8,15H,2-4,9-12H2,1H3,(H,18,20)(H,19,21). The summed E-state index contributed by atoms with van der Waals surface area (Å²) in [5, 5.41) is 5.51. The van der Waals surface area contributed by atoms with Crippen LogP contribution in [0.1, 0.15) is 43.7 Å². The van der Waals surface area contributed by atoms with Crippen LogP contribution in [0.3, 0.4) is 0 Å². The van der Waals surface area contributed by atoms with Gasteiger partial charge in [0.25, 0.3) is 0 Å². The zero-order chi connectivity index (χ0) is 15.1. The van der Waals surface area contributed by atoms with Crippen molar-refractivity contribution in [2.75, 3.05) is 6.54 Å². The number of carbonyl (C=O) groups is 2. The fourth-order valence-corrected chi connectivity index (χ4v) is 2.14. The van der Waals surface area contributed by atoms with Gasteiger partial charge in [0.15, 0.2) is 0 Å². The number of carbonyl (C=O) groups excluding carboxylic acids is 2. The van der Waals surface area contributed by atoms with E-state index in [0.717, 1.165) is 24.8 Å². The third kappa shape index (κ3) is 5.98. The molecule has 0 heterocycles. The molecule has 2 amide bonds. The summed E-state index contributed by atoms with van der Waals surface area (Å²) in [6.07, 6.45) is 5.91. The molecule has 1 aromatic carbocycles. The van der Waals surface area contributed by atoms with Gasteiger partial charge in [-0.05, 0) is 36.8 Å². The van der Waals surface area contributed by atoms with Gasteiger partial charge in [-0.25, -0.2) is 0 Å². The molecule has 0 saturated heterocycles. The first-order valence-electron chi connectivity index (χ1n) is 7.81. The highest BCUT2D eigenvalue weighted by atomic mass is 16.2. The van der Waals surface area contributed by atoms with Gasteiger partial charge in [0.05, 0.1) is 13.0 Å². The molecular formula is C17H24N2O2. The minimum Gasteiger partial charge on any atom is -0.352 e. The Morgan fingerprint density at radius 3 is 2.38 bits per heavy atom. The van der Waals surface area contributed by atoms with Gasteiger partial charge >= 0.3 is 0 Å². The Labute approximate surface area is 126 Å². The van der Waals surface area contributed by atoms with E-state index in [9.17, 15) is 9.59 Å². The fraction of sp³-hybridized carbons (Fsp3) is 0.529. The Morgan fingerprint density at radius 2 is 1.76 bits per heavy atom. The molecule has 4 nitrogen and oxygen atoms in total. The van der Waals surface area contributed by atoms with E-state index in [0.29, 0.717) is 12.5 Å². The van der Waals surface area contributed by atoms with E-state index >= 15 is 0 Å². The van der Waals surface area contributed by atoms with Crippen LogP contribution in [0, 0.1) is 0 Å².